The summed E-state index contributed by atoms with van der Waals surface area (Å²) in [6.07, 6.45) is 2.13. The van der Waals surface area contributed by atoms with E-state index >= 15 is 0 Å². The zero-order valence-corrected chi connectivity index (χ0v) is 15.0. The summed E-state index contributed by atoms with van der Waals surface area (Å²) in [6.45, 7) is 3.32. The molecule has 0 N–H and O–H groups in total. The van der Waals surface area contributed by atoms with Crippen LogP contribution in [0.5, 0.6) is 0 Å². The van der Waals surface area contributed by atoms with Crippen LogP contribution in [-0.2, 0) is 4.74 Å². The van der Waals surface area contributed by atoms with Crippen molar-refractivity contribution in [1.29, 1.82) is 0 Å². The largest absolute Gasteiger partial charge is 0.376 e. The lowest BCUT2D eigenvalue weighted by molar-refractivity contribution is 0.0917. The summed E-state index contributed by atoms with van der Waals surface area (Å²) in [5.41, 5.74) is 2.70. The van der Waals surface area contributed by atoms with Crippen molar-refractivity contribution in [2.24, 2.45) is 0 Å². The third-order valence-corrected chi connectivity index (χ3v) is 5.49. The van der Waals surface area contributed by atoms with E-state index in [1.165, 1.54) is 0 Å². The molecule has 5 heteroatoms. The maximum absolute atomic E-state index is 13.2. The van der Waals surface area contributed by atoms with Gasteiger partial charge >= 0.3 is 0 Å². The topological polar surface area (TPSA) is 42.4 Å². The number of rotatable bonds is 4. The van der Waals surface area contributed by atoms with E-state index in [9.17, 15) is 4.79 Å². The molecule has 1 saturated heterocycles. The first-order chi connectivity index (χ1) is 12.2. The SMILES string of the molecule is Cc1cccc(C(=O)N(C[C@H]2CCCO2)c2nc3ccccc3s2)c1. The van der Waals surface area contributed by atoms with Gasteiger partial charge in [-0.15, -0.1) is 0 Å². The number of fused-ring (bicyclic) bond motifs is 1. The predicted octanol–water partition coefficient (Wildman–Crippen LogP) is 4.43. The number of carbonyl (C=O) groups excluding carboxylic acids is 1. The number of nitrogens with zero attached hydrogens (tertiary/aromatic N) is 2. The van der Waals surface area contributed by atoms with Crippen LogP contribution in [0.4, 0.5) is 5.13 Å². The summed E-state index contributed by atoms with van der Waals surface area (Å²) >= 11 is 1.55. The minimum absolute atomic E-state index is 0.0155. The molecule has 25 heavy (non-hydrogen) atoms. The number of para-hydroxylation sites is 1. The Bertz CT molecular complexity index is 866. The first kappa shape index (κ1) is 16.2. The number of hydrogen-bond donors (Lipinski definition) is 0. The number of aromatic nitrogens is 1. The zero-order chi connectivity index (χ0) is 17.2. The van der Waals surface area contributed by atoms with E-state index in [0.717, 1.165) is 40.4 Å². The summed E-state index contributed by atoms with van der Waals surface area (Å²) in [5.74, 6) is -0.0155. The molecule has 1 amide bonds. The van der Waals surface area contributed by atoms with Crippen LogP contribution >= 0.6 is 11.3 Å². The molecule has 1 aromatic heterocycles. The van der Waals surface area contributed by atoms with Crippen molar-refractivity contribution in [1.82, 2.24) is 4.98 Å². The van der Waals surface area contributed by atoms with Crippen LogP contribution in [0.1, 0.15) is 28.8 Å². The van der Waals surface area contributed by atoms with Gasteiger partial charge in [-0.2, -0.15) is 0 Å². The summed E-state index contributed by atoms with van der Waals surface area (Å²) in [5, 5.41) is 0.739. The Morgan fingerprint density at radius 3 is 2.92 bits per heavy atom. The number of aryl methyl sites for hydroxylation is 1. The molecular formula is C20H20N2O2S. The lowest BCUT2D eigenvalue weighted by atomic mass is 10.1. The van der Waals surface area contributed by atoms with E-state index in [0.29, 0.717) is 12.1 Å². The van der Waals surface area contributed by atoms with Crippen molar-refractivity contribution in [3.63, 3.8) is 0 Å². The van der Waals surface area contributed by atoms with Crippen LogP contribution in [0.15, 0.2) is 48.5 Å². The minimum Gasteiger partial charge on any atom is -0.376 e. The Morgan fingerprint density at radius 1 is 1.28 bits per heavy atom. The van der Waals surface area contributed by atoms with Crippen LogP contribution in [0.25, 0.3) is 10.2 Å². The Morgan fingerprint density at radius 2 is 2.16 bits per heavy atom. The van der Waals surface area contributed by atoms with Crippen molar-refractivity contribution >= 4 is 32.6 Å². The third kappa shape index (κ3) is 3.43. The molecule has 2 heterocycles. The summed E-state index contributed by atoms with van der Waals surface area (Å²) < 4.78 is 6.86. The van der Waals surface area contributed by atoms with Gasteiger partial charge in [0.15, 0.2) is 5.13 Å². The van der Waals surface area contributed by atoms with E-state index in [2.05, 4.69) is 0 Å². The Kier molecular flexibility index (Phi) is 4.51. The number of anilines is 1. The fraction of sp³-hybridized carbons (Fsp3) is 0.300. The van der Waals surface area contributed by atoms with E-state index in [1.54, 1.807) is 16.2 Å². The maximum atomic E-state index is 13.2. The summed E-state index contributed by atoms with van der Waals surface area (Å²) in [7, 11) is 0. The number of ether oxygens (including phenoxy) is 1. The molecule has 0 aliphatic carbocycles. The highest BCUT2D eigenvalue weighted by molar-refractivity contribution is 7.22. The molecule has 0 spiro atoms. The second-order valence-electron chi connectivity index (χ2n) is 6.38. The average molecular weight is 352 g/mol. The number of hydrogen-bond acceptors (Lipinski definition) is 4. The van der Waals surface area contributed by atoms with E-state index < -0.39 is 0 Å². The molecule has 1 fully saturated rings. The van der Waals surface area contributed by atoms with Gasteiger partial charge in [0.1, 0.15) is 0 Å². The molecule has 2 aromatic carbocycles. The van der Waals surface area contributed by atoms with Crippen LogP contribution < -0.4 is 4.90 Å². The van der Waals surface area contributed by atoms with Gasteiger partial charge in [-0.25, -0.2) is 4.98 Å². The first-order valence-electron chi connectivity index (χ1n) is 8.56. The molecule has 3 aromatic rings. The Balaban J connectivity index is 1.71. The molecule has 4 rings (SSSR count). The van der Waals surface area contributed by atoms with Gasteiger partial charge in [0.2, 0.25) is 0 Å². The van der Waals surface area contributed by atoms with Gasteiger partial charge in [-0.1, -0.05) is 41.2 Å². The average Bonchev–Trinajstić information content (AvgIpc) is 3.28. The standard InChI is InChI=1S/C20H20N2O2S/c1-14-6-4-7-15(12-14)19(23)22(13-16-8-5-11-24-16)20-21-17-9-2-3-10-18(17)25-20/h2-4,6-7,9-10,12,16H,5,8,11,13H2,1H3/t16-/m1/s1. The molecule has 1 aliphatic heterocycles. The molecule has 0 saturated carbocycles. The summed E-state index contributed by atoms with van der Waals surface area (Å²) in [6, 6.07) is 15.7. The first-order valence-corrected chi connectivity index (χ1v) is 9.38. The van der Waals surface area contributed by atoms with Crippen LogP contribution in [-0.4, -0.2) is 30.1 Å². The highest BCUT2D eigenvalue weighted by Gasteiger charge is 2.27. The lowest BCUT2D eigenvalue weighted by Crippen LogP contribution is -2.37. The molecule has 0 bridgehead atoms. The number of amides is 1. The molecule has 4 nitrogen and oxygen atoms in total. The second-order valence-corrected chi connectivity index (χ2v) is 7.39. The zero-order valence-electron chi connectivity index (χ0n) is 14.1. The molecule has 128 valence electrons. The lowest BCUT2D eigenvalue weighted by Gasteiger charge is -2.23. The van der Waals surface area contributed by atoms with Gasteiger partial charge < -0.3 is 4.74 Å². The van der Waals surface area contributed by atoms with Crippen molar-refractivity contribution in [2.45, 2.75) is 25.9 Å². The van der Waals surface area contributed by atoms with Crippen molar-refractivity contribution in [3.8, 4) is 0 Å². The smallest absolute Gasteiger partial charge is 0.260 e. The van der Waals surface area contributed by atoms with E-state index in [-0.39, 0.29) is 12.0 Å². The second kappa shape index (κ2) is 6.94. The predicted molar refractivity (Wildman–Crippen MR) is 101 cm³/mol. The highest BCUT2D eigenvalue weighted by atomic mass is 32.1. The van der Waals surface area contributed by atoms with Crippen molar-refractivity contribution in [2.75, 3.05) is 18.1 Å². The van der Waals surface area contributed by atoms with Gasteiger partial charge in [0.25, 0.3) is 5.91 Å². The molecular weight excluding hydrogens is 332 g/mol. The van der Waals surface area contributed by atoms with E-state index in [4.69, 9.17) is 9.72 Å². The Hall–Kier alpha value is -2.24. The monoisotopic (exact) mass is 352 g/mol. The Labute approximate surface area is 151 Å². The minimum atomic E-state index is -0.0155. The van der Waals surface area contributed by atoms with E-state index in [1.807, 2.05) is 55.5 Å². The molecule has 1 aliphatic rings. The number of carbonyl (C=O) groups is 1. The fourth-order valence-electron chi connectivity index (χ4n) is 3.15. The van der Waals surface area contributed by atoms with Gasteiger partial charge in [0, 0.05) is 12.2 Å². The highest BCUT2D eigenvalue weighted by Crippen LogP contribution is 2.30. The number of thiazole rings is 1. The van der Waals surface area contributed by atoms with Crippen LogP contribution in [0.2, 0.25) is 0 Å². The summed E-state index contributed by atoms with van der Waals surface area (Å²) in [4.78, 5) is 19.7. The normalized spacial score (nSPS) is 17.1. The van der Waals surface area contributed by atoms with Crippen LogP contribution in [0, 0.1) is 6.92 Å². The quantitative estimate of drug-likeness (QED) is 0.697. The molecule has 0 radical (unpaired) electrons. The molecule has 1 atom stereocenters. The number of benzene rings is 2. The van der Waals surface area contributed by atoms with Gasteiger partial charge in [-0.3, -0.25) is 9.69 Å². The van der Waals surface area contributed by atoms with Gasteiger partial charge in [0.05, 0.1) is 22.9 Å². The molecule has 0 unspecified atom stereocenters. The third-order valence-electron chi connectivity index (χ3n) is 4.43. The van der Waals surface area contributed by atoms with Crippen LogP contribution in [0.3, 0.4) is 0 Å². The fourth-order valence-corrected chi connectivity index (χ4v) is 4.12. The van der Waals surface area contributed by atoms with Gasteiger partial charge in [-0.05, 0) is 44.0 Å². The van der Waals surface area contributed by atoms with Crippen molar-refractivity contribution in [3.05, 3.63) is 59.7 Å². The van der Waals surface area contributed by atoms with Crippen molar-refractivity contribution < 1.29 is 9.53 Å². The maximum Gasteiger partial charge on any atom is 0.260 e.